The van der Waals surface area contributed by atoms with Gasteiger partial charge in [-0.15, -0.1) is 16.8 Å². The average Bonchev–Trinajstić information content (AvgIpc) is 3.13. The number of carbonyl (C=O) groups is 1. The Kier molecular flexibility index (Phi) is 7.89. The van der Waals surface area contributed by atoms with Crippen molar-refractivity contribution in [3.8, 4) is 5.75 Å². The predicted octanol–water partition coefficient (Wildman–Crippen LogP) is 5.21. The molecule has 0 atom stereocenters. The molecule has 0 fully saturated rings. The summed E-state index contributed by atoms with van der Waals surface area (Å²) in [6.45, 7) is 10.9. The van der Waals surface area contributed by atoms with E-state index in [4.69, 9.17) is 4.74 Å². The monoisotopic (exact) mass is 436 g/mol. The van der Waals surface area contributed by atoms with Gasteiger partial charge in [0.05, 0.1) is 5.75 Å². The van der Waals surface area contributed by atoms with E-state index in [0.29, 0.717) is 30.1 Å². The number of amides is 1. The summed E-state index contributed by atoms with van der Waals surface area (Å²) in [7, 11) is 0. The fourth-order valence-corrected chi connectivity index (χ4v) is 3.90. The number of rotatable bonds is 10. The maximum absolute atomic E-state index is 12.5. The lowest BCUT2D eigenvalue weighted by Crippen LogP contribution is -2.16. The Morgan fingerprint density at radius 3 is 2.77 bits per heavy atom. The lowest BCUT2D eigenvalue weighted by molar-refractivity contribution is -0.113. The van der Waals surface area contributed by atoms with Crippen LogP contribution in [0.4, 0.5) is 5.69 Å². The summed E-state index contributed by atoms with van der Waals surface area (Å²) in [6, 6.07) is 15.7. The molecule has 0 bridgehead atoms. The van der Waals surface area contributed by atoms with E-state index in [1.807, 2.05) is 60.0 Å². The molecule has 2 aromatic carbocycles. The van der Waals surface area contributed by atoms with Crippen molar-refractivity contribution < 1.29 is 9.53 Å². The number of aryl methyl sites for hydroxylation is 1. The normalized spacial score (nSPS) is 10.8. The number of nitrogens with one attached hydrogen (secondary N) is 1. The molecule has 3 aromatic rings. The zero-order valence-corrected chi connectivity index (χ0v) is 19.0. The summed E-state index contributed by atoms with van der Waals surface area (Å²) >= 11 is 1.35. The van der Waals surface area contributed by atoms with Crippen LogP contribution in [0.25, 0.3) is 0 Å². The van der Waals surface area contributed by atoms with Crippen LogP contribution < -0.4 is 10.1 Å². The van der Waals surface area contributed by atoms with Gasteiger partial charge in [-0.25, -0.2) is 0 Å². The summed E-state index contributed by atoms with van der Waals surface area (Å²) in [5.74, 6) is 1.96. The third kappa shape index (κ3) is 6.21. The molecular formula is C24H28N4O2S. The van der Waals surface area contributed by atoms with Crippen molar-refractivity contribution in [2.75, 3.05) is 11.1 Å². The number of nitrogens with zero attached hydrogens (tertiary/aromatic N) is 3. The van der Waals surface area contributed by atoms with Crippen molar-refractivity contribution in [1.29, 1.82) is 0 Å². The van der Waals surface area contributed by atoms with E-state index in [1.54, 1.807) is 6.08 Å². The highest BCUT2D eigenvalue weighted by atomic mass is 32.2. The summed E-state index contributed by atoms with van der Waals surface area (Å²) < 4.78 is 7.79. The van der Waals surface area contributed by atoms with E-state index in [2.05, 4.69) is 35.9 Å². The average molecular weight is 437 g/mol. The Morgan fingerprint density at radius 2 is 2.03 bits per heavy atom. The summed E-state index contributed by atoms with van der Waals surface area (Å²) in [5.41, 5.74) is 3.10. The number of anilines is 1. The summed E-state index contributed by atoms with van der Waals surface area (Å²) in [5, 5.41) is 12.2. The molecule has 1 aromatic heterocycles. The maximum atomic E-state index is 12.5. The first-order valence-electron chi connectivity index (χ1n) is 10.2. The number of hydrogen-bond donors (Lipinski definition) is 1. The van der Waals surface area contributed by atoms with Crippen LogP contribution >= 0.6 is 11.8 Å². The van der Waals surface area contributed by atoms with Gasteiger partial charge in [0, 0.05) is 12.2 Å². The smallest absolute Gasteiger partial charge is 0.234 e. The van der Waals surface area contributed by atoms with Crippen LogP contribution in [0, 0.1) is 6.92 Å². The number of allylic oxidation sites excluding steroid dienone is 1. The van der Waals surface area contributed by atoms with E-state index >= 15 is 0 Å². The first-order valence-corrected chi connectivity index (χ1v) is 11.2. The van der Waals surface area contributed by atoms with Crippen molar-refractivity contribution in [3.05, 3.63) is 78.1 Å². The number of thioether (sulfide) groups is 1. The highest BCUT2D eigenvalue weighted by Crippen LogP contribution is 2.25. The minimum Gasteiger partial charge on any atom is -0.486 e. The zero-order valence-electron chi connectivity index (χ0n) is 18.2. The second-order valence-electron chi connectivity index (χ2n) is 7.48. The fraction of sp³-hybridized carbons (Fsp3) is 0.292. The molecule has 0 saturated carbocycles. The molecule has 0 aliphatic rings. The Balaban J connectivity index is 1.63. The van der Waals surface area contributed by atoms with Crippen LogP contribution in [0.3, 0.4) is 0 Å². The van der Waals surface area contributed by atoms with Crippen molar-refractivity contribution in [3.63, 3.8) is 0 Å². The van der Waals surface area contributed by atoms with Crippen molar-refractivity contribution >= 4 is 23.4 Å². The van der Waals surface area contributed by atoms with Gasteiger partial charge in [0.1, 0.15) is 12.4 Å². The molecule has 1 heterocycles. The van der Waals surface area contributed by atoms with Gasteiger partial charge >= 0.3 is 0 Å². The standard InChI is InChI=1S/C24H28N4O2S/c1-5-13-28-22(15-30-19-10-8-9-18(4)14-19)26-27-24(28)31-16-23(29)25-21-12-7-6-11-20(21)17(2)3/h5-12,14,17H,1,13,15-16H2,2-4H3,(H,25,29). The lowest BCUT2D eigenvalue weighted by Gasteiger charge is -2.13. The lowest BCUT2D eigenvalue weighted by atomic mass is 10.0. The molecule has 162 valence electrons. The number of ether oxygens (including phenoxy) is 1. The minimum absolute atomic E-state index is 0.0798. The van der Waals surface area contributed by atoms with E-state index < -0.39 is 0 Å². The van der Waals surface area contributed by atoms with Gasteiger partial charge in [0.25, 0.3) is 0 Å². The molecule has 0 saturated heterocycles. The number of para-hydroxylation sites is 1. The topological polar surface area (TPSA) is 69.0 Å². The Hall–Kier alpha value is -3.06. The molecule has 0 spiro atoms. The summed E-state index contributed by atoms with van der Waals surface area (Å²) in [4.78, 5) is 12.5. The summed E-state index contributed by atoms with van der Waals surface area (Å²) in [6.07, 6.45) is 1.78. The highest BCUT2D eigenvalue weighted by molar-refractivity contribution is 7.99. The number of aromatic nitrogens is 3. The second-order valence-corrected chi connectivity index (χ2v) is 8.42. The number of benzene rings is 2. The number of carbonyl (C=O) groups excluding carboxylic acids is 1. The molecule has 0 radical (unpaired) electrons. The fourth-order valence-electron chi connectivity index (χ4n) is 3.13. The van der Waals surface area contributed by atoms with Crippen molar-refractivity contribution in [2.45, 2.75) is 45.0 Å². The SMILES string of the molecule is C=CCn1c(COc2cccc(C)c2)nnc1SCC(=O)Nc1ccccc1C(C)C. The van der Waals surface area contributed by atoms with Crippen molar-refractivity contribution in [1.82, 2.24) is 14.8 Å². The van der Waals surface area contributed by atoms with Gasteiger partial charge in [-0.2, -0.15) is 0 Å². The number of hydrogen-bond acceptors (Lipinski definition) is 5. The first kappa shape index (κ1) is 22.6. The van der Waals surface area contributed by atoms with Gasteiger partial charge < -0.3 is 10.1 Å². The molecule has 31 heavy (non-hydrogen) atoms. The highest BCUT2D eigenvalue weighted by Gasteiger charge is 2.15. The quantitative estimate of drug-likeness (QED) is 0.349. The van der Waals surface area contributed by atoms with Crippen molar-refractivity contribution in [2.24, 2.45) is 0 Å². The molecule has 6 nitrogen and oxygen atoms in total. The predicted molar refractivity (Wildman–Crippen MR) is 126 cm³/mol. The second kappa shape index (κ2) is 10.8. The third-order valence-corrected chi connectivity index (χ3v) is 5.62. The molecule has 7 heteroatoms. The molecule has 3 rings (SSSR count). The maximum Gasteiger partial charge on any atom is 0.234 e. The molecule has 1 N–H and O–H groups in total. The minimum atomic E-state index is -0.0798. The van der Waals surface area contributed by atoms with Gasteiger partial charge in [-0.3, -0.25) is 9.36 Å². The van der Waals surface area contributed by atoms with Gasteiger partial charge in [0.15, 0.2) is 11.0 Å². The van der Waals surface area contributed by atoms with Crippen LogP contribution in [-0.4, -0.2) is 26.4 Å². The molecule has 1 amide bonds. The molecule has 0 unspecified atom stereocenters. The van der Waals surface area contributed by atoms with E-state index in [0.717, 1.165) is 22.6 Å². The van der Waals surface area contributed by atoms with Gasteiger partial charge in [-0.1, -0.05) is 62.0 Å². The van der Waals surface area contributed by atoms with Gasteiger partial charge in [0.2, 0.25) is 5.91 Å². The third-order valence-electron chi connectivity index (χ3n) is 4.65. The Bertz CT molecular complexity index is 1050. The van der Waals surface area contributed by atoms with Crippen LogP contribution in [0.1, 0.15) is 36.7 Å². The first-order chi connectivity index (χ1) is 15.0. The Morgan fingerprint density at radius 1 is 1.23 bits per heavy atom. The van der Waals surface area contributed by atoms with E-state index in [-0.39, 0.29) is 11.7 Å². The van der Waals surface area contributed by atoms with Gasteiger partial charge in [-0.05, 0) is 42.2 Å². The van der Waals surface area contributed by atoms with Crippen LogP contribution in [0.2, 0.25) is 0 Å². The Labute approximate surface area is 187 Å². The van der Waals surface area contributed by atoms with Crippen LogP contribution in [0.15, 0.2) is 66.3 Å². The largest absolute Gasteiger partial charge is 0.486 e. The molecular weight excluding hydrogens is 408 g/mol. The van der Waals surface area contributed by atoms with Crippen LogP contribution in [0.5, 0.6) is 5.75 Å². The van der Waals surface area contributed by atoms with E-state index in [1.165, 1.54) is 11.8 Å². The van der Waals surface area contributed by atoms with Crippen LogP contribution in [-0.2, 0) is 17.9 Å². The molecule has 0 aliphatic heterocycles. The van der Waals surface area contributed by atoms with E-state index in [9.17, 15) is 4.79 Å². The molecule has 0 aliphatic carbocycles. The zero-order chi connectivity index (χ0) is 22.2.